The van der Waals surface area contributed by atoms with Crippen molar-refractivity contribution in [3.05, 3.63) is 95.6 Å². The van der Waals surface area contributed by atoms with Crippen LogP contribution in [0, 0.1) is 11.3 Å². The van der Waals surface area contributed by atoms with Crippen LogP contribution in [0.2, 0.25) is 0 Å². The van der Waals surface area contributed by atoms with Crippen molar-refractivity contribution in [3.63, 3.8) is 0 Å². The molecule has 3 aromatic rings. The molecule has 0 bridgehead atoms. The van der Waals surface area contributed by atoms with Crippen molar-refractivity contribution in [2.45, 2.75) is 76.1 Å². The molecule has 4 rings (SSSR count). The lowest BCUT2D eigenvalue weighted by Gasteiger charge is -2.39. The molecule has 0 aromatic heterocycles. The fourth-order valence-electron chi connectivity index (χ4n) is 5.86. The fourth-order valence-corrected chi connectivity index (χ4v) is 7.64. The first-order valence-corrected chi connectivity index (χ1v) is 16.9. The maximum atomic E-state index is 11.4. The summed E-state index contributed by atoms with van der Waals surface area (Å²) >= 11 is 0. The van der Waals surface area contributed by atoms with E-state index in [1.807, 2.05) is 86.7 Å². The molecule has 0 spiro atoms. The molecule has 1 aliphatic rings. The van der Waals surface area contributed by atoms with Crippen molar-refractivity contribution in [3.8, 4) is 17.6 Å². The Morgan fingerprint density at radius 3 is 1.89 bits per heavy atom. The van der Waals surface area contributed by atoms with E-state index in [-0.39, 0.29) is 31.7 Å². The highest BCUT2D eigenvalue weighted by atomic mass is 31.2. The number of methoxy groups -OCH3 is 2. The largest absolute Gasteiger partial charge is 0.497 e. The highest BCUT2D eigenvalue weighted by Gasteiger charge is 2.47. The van der Waals surface area contributed by atoms with Crippen molar-refractivity contribution < 1.29 is 33.1 Å². The number of benzene rings is 3. The zero-order chi connectivity index (χ0) is 33.3. The summed E-state index contributed by atoms with van der Waals surface area (Å²) in [5, 5.41) is 20.5. The van der Waals surface area contributed by atoms with Crippen molar-refractivity contribution in [2.75, 3.05) is 27.4 Å². The van der Waals surface area contributed by atoms with Crippen LogP contribution in [0.5, 0.6) is 11.5 Å². The molecule has 0 saturated carbocycles. The van der Waals surface area contributed by atoms with E-state index >= 15 is 0 Å². The summed E-state index contributed by atoms with van der Waals surface area (Å²) in [6.07, 6.45) is -2.02. The second-order valence-corrected chi connectivity index (χ2v) is 13.2. The second-order valence-electron chi connectivity index (χ2n) is 11.8. The molecule has 46 heavy (non-hydrogen) atoms. The summed E-state index contributed by atoms with van der Waals surface area (Å²) in [7, 11) is 3.49. The molecule has 3 aromatic carbocycles. The van der Waals surface area contributed by atoms with Gasteiger partial charge < -0.3 is 33.1 Å². The maximum Gasteiger partial charge on any atom is 0.259 e. The van der Waals surface area contributed by atoms with Gasteiger partial charge in [0.1, 0.15) is 43.3 Å². The van der Waals surface area contributed by atoms with E-state index < -0.39 is 38.4 Å². The van der Waals surface area contributed by atoms with E-state index in [1.54, 1.807) is 14.2 Å². The van der Waals surface area contributed by atoms with Crippen LogP contribution in [0.15, 0.2) is 78.9 Å². The minimum atomic E-state index is -1.62. The predicted octanol–water partition coefficient (Wildman–Crippen LogP) is 5.39. The number of aliphatic hydroxyl groups is 1. The lowest BCUT2D eigenvalue weighted by molar-refractivity contribution is -0.0724. The van der Waals surface area contributed by atoms with Gasteiger partial charge in [0.05, 0.1) is 45.9 Å². The van der Waals surface area contributed by atoms with Crippen LogP contribution in [0.4, 0.5) is 0 Å². The third kappa shape index (κ3) is 8.10. The first-order chi connectivity index (χ1) is 22.2. The first-order valence-electron chi connectivity index (χ1n) is 15.7. The number of rotatable bonds is 16. The molecule has 0 amide bonds. The van der Waals surface area contributed by atoms with E-state index in [9.17, 15) is 5.11 Å². The van der Waals surface area contributed by atoms with E-state index in [0.29, 0.717) is 0 Å². The average Bonchev–Trinajstić information content (AvgIpc) is 3.33. The van der Waals surface area contributed by atoms with E-state index in [0.717, 1.165) is 28.2 Å². The Balaban J connectivity index is 1.75. The summed E-state index contributed by atoms with van der Waals surface area (Å²) in [5.41, 5.74) is 1.64. The van der Waals surface area contributed by atoms with Crippen LogP contribution >= 0.6 is 8.53 Å². The highest BCUT2D eigenvalue weighted by Crippen LogP contribution is 2.49. The molecular weight excluding hydrogens is 602 g/mol. The van der Waals surface area contributed by atoms with Crippen LogP contribution < -0.4 is 9.47 Å². The minimum absolute atomic E-state index is 0.101. The third-order valence-corrected chi connectivity index (χ3v) is 10.2. The van der Waals surface area contributed by atoms with Gasteiger partial charge in [0.15, 0.2) is 0 Å². The number of nitrogens with zero attached hydrogens (tertiary/aromatic N) is 2. The summed E-state index contributed by atoms with van der Waals surface area (Å²) in [4.78, 5) is 0. The topological polar surface area (TPSA) is 103 Å². The molecule has 1 N–H and O–H groups in total. The highest BCUT2D eigenvalue weighted by molar-refractivity contribution is 7.44. The smallest absolute Gasteiger partial charge is 0.259 e. The zero-order valence-electron chi connectivity index (χ0n) is 27.8. The van der Waals surface area contributed by atoms with Gasteiger partial charge in [-0.1, -0.05) is 54.6 Å². The van der Waals surface area contributed by atoms with Crippen LogP contribution in [0.25, 0.3) is 0 Å². The molecule has 0 aliphatic carbocycles. The molecule has 11 heteroatoms. The summed E-state index contributed by atoms with van der Waals surface area (Å²) in [5.74, 6) is 1.46. The van der Waals surface area contributed by atoms with Crippen LogP contribution in [-0.2, 0) is 24.1 Å². The second kappa shape index (κ2) is 16.7. The zero-order valence-corrected chi connectivity index (χ0v) is 28.7. The van der Waals surface area contributed by atoms with Gasteiger partial charge in [-0.25, -0.2) is 4.67 Å². The predicted molar refractivity (Wildman–Crippen MR) is 182 cm³/mol. The van der Waals surface area contributed by atoms with Crippen molar-refractivity contribution in [1.29, 1.82) is 5.26 Å². The van der Waals surface area contributed by atoms with E-state index in [1.165, 1.54) is 0 Å². The number of ether oxygens (including phenoxy) is 4. The number of hydrogen-bond acceptors (Lipinski definition) is 9. The Hall–Kier alpha value is -3.00. The Bertz CT molecular complexity index is 1330. The van der Waals surface area contributed by atoms with Crippen LogP contribution in [0.1, 0.15) is 50.8 Å². The SMILES string of the molecule is B[C@@H]1O[C@H](COC(c2ccccc2)(c2ccc(OC)cc2)c2ccc(OC)cc2)[C@@H](OP(OCCC#N)N(C(C)C)C(C)C)[C@@H]1O. The van der Waals surface area contributed by atoms with Gasteiger partial charge in [-0.3, -0.25) is 0 Å². The first kappa shape index (κ1) is 35.9. The van der Waals surface area contributed by atoms with Crippen molar-refractivity contribution in [2.24, 2.45) is 0 Å². The average molecular weight is 649 g/mol. The van der Waals surface area contributed by atoms with Gasteiger partial charge in [-0.2, -0.15) is 5.26 Å². The Labute approximate surface area is 275 Å². The molecule has 246 valence electrons. The number of hydrogen-bond donors (Lipinski definition) is 1. The van der Waals surface area contributed by atoms with Gasteiger partial charge in [0, 0.05) is 12.1 Å². The van der Waals surface area contributed by atoms with E-state index in [4.69, 9.17) is 33.3 Å². The van der Waals surface area contributed by atoms with Gasteiger partial charge in [-0.05, 0) is 68.7 Å². The molecular formula is C35H46BN2O7P. The minimum Gasteiger partial charge on any atom is -0.497 e. The van der Waals surface area contributed by atoms with Gasteiger partial charge >= 0.3 is 0 Å². The molecule has 1 heterocycles. The number of aliphatic hydroxyl groups excluding tert-OH is 1. The fraction of sp³-hybridized carbons (Fsp3) is 0.457. The molecule has 9 nitrogen and oxygen atoms in total. The van der Waals surface area contributed by atoms with Crippen LogP contribution in [0.3, 0.4) is 0 Å². The van der Waals surface area contributed by atoms with Crippen LogP contribution in [-0.4, -0.2) is 81.5 Å². The number of nitriles is 1. The Morgan fingerprint density at radius 1 is 0.891 bits per heavy atom. The molecule has 1 aliphatic heterocycles. The molecule has 5 atom stereocenters. The standard InChI is InChI=1S/C35H46BN2O7P/c1-24(2)38(25(3)4)46(43-22-10-21-37)45-33-31(44-34(36)32(33)39)23-42-35(26-11-8-7-9-12-26,27-13-17-29(40-5)18-14-27)28-15-19-30(41-6)20-16-28/h7-9,11-20,24-25,31-34,39H,10,22-23,36H2,1-6H3/t31-,32+,33-,34-,46?/m1/s1. The molecule has 1 unspecified atom stereocenters. The van der Waals surface area contributed by atoms with E-state index in [2.05, 4.69) is 38.4 Å². The third-order valence-electron chi connectivity index (χ3n) is 8.09. The maximum absolute atomic E-state index is 11.4. The molecule has 0 radical (unpaired) electrons. The van der Waals surface area contributed by atoms with Gasteiger partial charge in [0.2, 0.25) is 0 Å². The normalized spacial score (nSPS) is 20.6. The quantitative estimate of drug-likeness (QED) is 0.0948. The van der Waals surface area contributed by atoms with Gasteiger partial charge in [0.25, 0.3) is 8.53 Å². The molecule has 1 fully saturated rings. The Morgan fingerprint density at radius 2 is 1.41 bits per heavy atom. The summed E-state index contributed by atoms with van der Waals surface area (Å²) in [6.45, 7) is 8.64. The Kier molecular flexibility index (Phi) is 13.0. The summed E-state index contributed by atoms with van der Waals surface area (Å²) in [6, 6.07) is 27.6. The van der Waals surface area contributed by atoms with Crippen molar-refractivity contribution in [1.82, 2.24) is 4.67 Å². The lowest BCUT2D eigenvalue weighted by atomic mass is 9.80. The molecule has 1 saturated heterocycles. The lowest BCUT2D eigenvalue weighted by Crippen LogP contribution is -2.42. The monoisotopic (exact) mass is 648 g/mol. The van der Waals surface area contributed by atoms with Crippen molar-refractivity contribution >= 4 is 16.4 Å². The van der Waals surface area contributed by atoms with Gasteiger partial charge in [-0.15, -0.1) is 0 Å². The summed E-state index contributed by atoms with van der Waals surface area (Å²) < 4.78 is 39.3.